The number of epoxide rings is 1. The van der Waals surface area contributed by atoms with Crippen LogP contribution in [0.15, 0.2) is 43.0 Å². The summed E-state index contributed by atoms with van der Waals surface area (Å²) in [7, 11) is 1.71. The van der Waals surface area contributed by atoms with E-state index in [0.29, 0.717) is 13.2 Å². The van der Waals surface area contributed by atoms with E-state index in [2.05, 4.69) is 18.7 Å². The van der Waals surface area contributed by atoms with Crippen LogP contribution in [0.3, 0.4) is 0 Å². The van der Waals surface area contributed by atoms with Crippen LogP contribution in [0.4, 0.5) is 0 Å². The van der Waals surface area contributed by atoms with E-state index in [9.17, 15) is 0 Å². The predicted molar refractivity (Wildman–Crippen MR) is 70.4 cm³/mol. The number of hydrogen-bond acceptors (Lipinski definition) is 3. The molecule has 0 radical (unpaired) electrons. The Morgan fingerprint density at radius 3 is 2.78 bits per heavy atom. The monoisotopic (exact) mass is 248 g/mol. The van der Waals surface area contributed by atoms with Gasteiger partial charge in [-0.2, -0.15) is 0 Å². The zero-order chi connectivity index (χ0) is 12.8. The van der Waals surface area contributed by atoms with Crippen LogP contribution in [0, 0.1) is 0 Å². The van der Waals surface area contributed by atoms with Gasteiger partial charge in [-0.25, -0.2) is 0 Å². The maximum absolute atomic E-state index is 5.66. The molecule has 0 spiro atoms. The molecular formula is C15H20O3. The van der Waals surface area contributed by atoms with Gasteiger partial charge in [-0.1, -0.05) is 36.4 Å². The molecule has 1 aromatic rings. The summed E-state index contributed by atoms with van der Waals surface area (Å²) in [6.07, 6.45) is 3.25. The second-order valence-corrected chi connectivity index (χ2v) is 4.47. The van der Waals surface area contributed by atoms with Crippen LogP contribution in [-0.2, 0) is 20.8 Å². The molecule has 2 rings (SSSR count). The first kappa shape index (κ1) is 13.3. The average molecular weight is 248 g/mol. The van der Waals surface area contributed by atoms with Crippen LogP contribution in [0.25, 0.3) is 0 Å². The molecule has 1 aliphatic rings. The van der Waals surface area contributed by atoms with Gasteiger partial charge < -0.3 is 14.2 Å². The van der Waals surface area contributed by atoms with Crippen molar-refractivity contribution in [3.05, 3.63) is 48.6 Å². The minimum atomic E-state index is 0.0867. The Labute approximate surface area is 108 Å². The van der Waals surface area contributed by atoms with Crippen LogP contribution in [0.5, 0.6) is 0 Å². The van der Waals surface area contributed by atoms with Crippen LogP contribution < -0.4 is 0 Å². The zero-order valence-corrected chi connectivity index (χ0v) is 10.7. The fourth-order valence-corrected chi connectivity index (χ4v) is 1.93. The Hall–Kier alpha value is -1.16. The molecule has 1 heterocycles. The highest BCUT2D eigenvalue weighted by Crippen LogP contribution is 2.28. The largest absolute Gasteiger partial charge is 0.379 e. The van der Waals surface area contributed by atoms with Gasteiger partial charge in [0.15, 0.2) is 0 Å². The molecule has 1 aliphatic heterocycles. The Morgan fingerprint density at radius 1 is 1.39 bits per heavy atom. The number of rotatable bonds is 8. The predicted octanol–water partition coefficient (Wildman–Crippen LogP) is 2.56. The van der Waals surface area contributed by atoms with E-state index in [0.717, 1.165) is 6.42 Å². The molecule has 3 nitrogen and oxygen atoms in total. The molecule has 0 N–H and O–H groups in total. The lowest BCUT2D eigenvalue weighted by atomic mass is 10.1. The molecule has 1 aromatic carbocycles. The van der Waals surface area contributed by atoms with Crippen LogP contribution in [0.1, 0.15) is 12.0 Å². The second-order valence-electron chi connectivity index (χ2n) is 4.47. The molecule has 0 aliphatic carbocycles. The first-order chi connectivity index (χ1) is 8.83. The Kier molecular flexibility index (Phi) is 4.93. The molecule has 0 amide bonds. The van der Waals surface area contributed by atoms with E-state index >= 15 is 0 Å². The summed E-state index contributed by atoms with van der Waals surface area (Å²) in [5, 5.41) is 0. The zero-order valence-electron chi connectivity index (χ0n) is 10.7. The second kappa shape index (κ2) is 6.69. The highest BCUT2D eigenvalue weighted by atomic mass is 16.6. The normalized spacial score (nSPS) is 23.6. The van der Waals surface area contributed by atoms with E-state index in [1.807, 2.05) is 24.3 Å². The minimum absolute atomic E-state index is 0.0867. The van der Waals surface area contributed by atoms with Crippen molar-refractivity contribution in [2.75, 3.05) is 13.7 Å². The van der Waals surface area contributed by atoms with Gasteiger partial charge in [0.2, 0.25) is 0 Å². The summed E-state index contributed by atoms with van der Waals surface area (Å²) >= 11 is 0. The van der Waals surface area contributed by atoms with Crippen molar-refractivity contribution in [1.82, 2.24) is 0 Å². The lowest BCUT2D eigenvalue weighted by Crippen LogP contribution is -2.20. The maximum Gasteiger partial charge on any atom is 0.102 e. The van der Waals surface area contributed by atoms with E-state index in [-0.39, 0.29) is 18.3 Å². The summed E-state index contributed by atoms with van der Waals surface area (Å²) in [6, 6.07) is 10.1. The lowest BCUT2D eigenvalue weighted by Gasteiger charge is -2.14. The Bertz CT molecular complexity index is 363. The first-order valence-electron chi connectivity index (χ1n) is 6.26. The highest BCUT2D eigenvalue weighted by Gasteiger charge is 2.37. The van der Waals surface area contributed by atoms with E-state index in [1.165, 1.54) is 5.56 Å². The number of methoxy groups -OCH3 is 1. The van der Waals surface area contributed by atoms with E-state index < -0.39 is 0 Å². The SMILES string of the molecule is C=C[C@@H]1O[C@H]1C[C@@H](COCc1ccccc1)OC. The Balaban J connectivity index is 1.66. The standard InChI is InChI=1S/C15H20O3/c1-3-14-15(18-14)9-13(16-2)11-17-10-12-7-5-4-6-8-12/h3-8,13-15H,1,9-11H2,2H3/t13-,14-,15-/m0/s1. The van der Waals surface area contributed by atoms with Gasteiger partial charge in [-0.05, 0) is 5.56 Å². The molecule has 3 atom stereocenters. The van der Waals surface area contributed by atoms with Gasteiger partial charge in [0.1, 0.15) is 6.10 Å². The van der Waals surface area contributed by atoms with Gasteiger partial charge in [0, 0.05) is 13.5 Å². The summed E-state index contributed by atoms with van der Waals surface area (Å²) in [5.41, 5.74) is 1.18. The third kappa shape index (κ3) is 3.95. The van der Waals surface area contributed by atoms with Gasteiger partial charge >= 0.3 is 0 Å². The molecule has 98 valence electrons. The van der Waals surface area contributed by atoms with Crippen LogP contribution >= 0.6 is 0 Å². The molecule has 0 aromatic heterocycles. The topological polar surface area (TPSA) is 31.0 Å². The maximum atomic E-state index is 5.66. The first-order valence-corrected chi connectivity index (χ1v) is 6.26. The smallest absolute Gasteiger partial charge is 0.102 e. The van der Waals surface area contributed by atoms with Crippen molar-refractivity contribution in [3.63, 3.8) is 0 Å². The summed E-state index contributed by atoms with van der Waals surface area (Å²) < 4.78 is 16.5. The summed E-state index contributed by atoms with van der Waals surface area (Å²) in [4.78, 5) is 0. The molecule has 0 saturated carbocycles. The Morgan fingerprint density at radius 2 is 2.17 bits per heavy atom. The summed E-state index contributed by atoms with van der Waals surface area (Å²) in [5.74, 6) is 0. The lowest BCUT2D eigenvalue weighted by molar-refractivity contribution is -0.00510. The minimum Gasteiger partial charge on any atom is -0.379 e. The fourth-order valence-electron chi connectivity index (χ4n) is 1.93. The average Bonchev–Trinajstić information content (AvgIpc) is 3.17. The third-order valence-electron chi connectivity index (χ3n) is 3.10. The van der Waals surface area contributed by atoms with Crippen molar-refractivity contribution in [2.24, 2.45) is 0 Å². The number of ether oxygens (including phenoxy) is 3. The fraction of sp³-hybridized carbons (Fsp3) is 0.467. The van der Waals surface area contributed by atoms with Crippen molar-refractivity contribution < 1.29 is 14.2 Å². The van der Waals surface area contributed by atoms with Gasteiger partial charge in [-0.15, -0.1) is 6.58 Å². The van der Waals surface area contributed by atoms with E-state index in [4.69, 9.17) is 14.2 Å². The van der Waals surface area contributed by atoms with Gasteiger partial charge in [-0.3, -0.25) is 0 Å². The highest BCUT2D eigenvalue weighted by molar-refractivity contribution is 5.13. The molecule has 0 unspecified atom stereocenters. The molecular weight excluding hydrogens is 228 g/mol. The molecule has 0 bridgehead atoms. The van der Waals surface area contributed by atoms with Gasteiger partial charge in [0.05, 0.1) is 25.4 Å². The number of hydrogen-bond donors (Lipinski definition) is 0. The van der Waals surface area contributed by atoms with Crippen molar-refractivity contribution in [1.29, 1.82) is 0 Å². The van der Waals surface area contributed by atoms with Crippen molar-refractivity contribution >= 4 is 0 Å². The third-order valence-corrected chi connectivity index (χ3v) is 3.10. The molecule has 3 heteroatoms. The molecule has 1 fully saturated rings. The van der Waals surface area contributed by atoms with Crippen molar-refractivity contribution in [2.45, 2.75) is 31.3 Å². The quantitative estimate of drug-likeness (QED) is 0.523. The van der Waals surface area contributed by atoms with Crippen LogP contribution in [0.2, 0.25) is 0 Å². The van der Waals surface area contributed by atoms with Gasteiger partial charge in [0.25, 0.3) is 0 Å². The molecule has 1 saturated heterocycles. The number of benzene rings is 1. The van der Waals surface area contributed by atoms with E-state index in [1.54, 1.807) is 7.11 Å². The molecule has 18 heavy (non-hydrogen) atoms. The van der Waals surface area contributed by atoms with Crippen molar-refractivity contribution in [3.8, 4) is 0 Å². The summed E-state index contributed by atoms with van der Waals surface area (Å²) in [6.45, 7) is 4.93. The van der Waals surface area contributed by atoms with Crippen LogP contribution in [-0.4, -0.2) is 32.0 Å².